The van der Waals surface area contributed by atoms with Crippen LogP contribution in [0.25, 0.3) is 138 Å². The summed E-state index contributed by atoms with van der Waals surface area (Å²) in [6, 6.07) is 68.2. The standard InChI is InChI=1S/C57H32N4O2/c1-2-13-33(14-3-1)55-58-56(43-22-12-21-41-39-19-8-10-23-50(39)63-54(41)43)60-57(59-55)47-32-52-53(42-20-9-11-24-51(42)62-52)40-26-25-38(31-44(40)47)61-48-29-36-17-6-4-15-34(36)27-45(48)46-28-35-16-5-7-18-37(35)30-49(46)61/h1-32H. The van der Waals surface area contributed by atoms with E-state index >= 15 is 0 Å². The highest BCUT2D eigenvalue weighted by atomic mass is 16.3. The van der Waals surface area contributed by atoms with Crippen LogP contribution in [0.5, 0.6) is 0 Å². The molecule has 63 heavy (non-hydrogen) atoms. The van der Waals surface area contributed by atoms with Crippen molar-refractivity contribution in [2.75, 3.05) is 0 Å². The Kier molecular flexibility index (Phi) is 7.02. The first-order valence-corrected chi connectivity index (χ1v) is 21.2. The lowest BCUT2D eigenvalue weighted by Gasteiger charge is -2.14. The van der Waals surface area contributed by atoms with Gasteiger partial charge in [-0.25, -0.2) is 15.0 Å². The number of aromatic nitrogens is 4. The van der Waals surface area contributed by atoms with E-state index in [0.29, 0.717) is 17.5 Å². The molecule has 0 spiro atoms. The van der Waals surface area contributed by atoms with E-state index in [4.69, 9.17) is 23.8 Å². The van der Waals surface area contributed by atoms with Gasteiger partial charge < -0.3 is 13.4 Å². The maximum atomic E-state index is 6.65. The van der Waals surface area contributed by atoms with Crippen molar-refractivity contribution < 1.29 is 8.83 Å². The number of benzene rings is 10. The Labute approximate surface area is 358 Å². The normalized spacial score (nSPS) is 12.1. The minimum atomic E-state index is 0.527. The molecule has 0 fully saturated rings. The van der Waals surface area contributed by atoms with E-state index in [9.17, 15) is 0 Å². The lowest BCUT2D eigenvalue weighted by Crippen LogP contribution is -2.01. The number of para-hydroxylation sites is 3. The second-order valence-corrected chi connectivity index (χ2v) is 16.3. The average Bonchev–Trinajstić information content (AvgIpc) is 4.01. The van der Waals surface area contributed by atoms with Crippen LogP contribution < -0.4 is 0 Å². The first-order valence-electron chi connectivity index (χ1n) is 21.2. The second kappa shape index (κ2) is 12.9. The fourth-order valence-corrected chi connectivity index (χ4v) is 9.87. The van der Waals surface area contributed by atoms with Crippen LogP contribution >= 0.6 is 0 Å². The van der Waals surface area contributed by atoms with Crippen LogP contribution in [0, 0.1) is 0 Å². The molecule has 0 amide bonds. The van der Waals surface area contributed by atoms with Crippen LogP contribution in [0.3, 0.4) is 0 Å². The molecule has 292 valence electrons. The van der Waals surface area contributed by atoms with E-state index in [2.05, 4.69) is 126 Å². The maximum absolute atomic E-state index is 6.65. The summed E-state index contributed by atoms with van der Waals surface area (Å²) >= 11 is 0. The molecule has 0 aliphatic carbocycles. The summed E-state index contributed by atoms with van der Waals surface area (Å²) in [6.07, 6.45) is 0. The lowest BCUT2D eigenvalue weighted by atomic mass is 9.97. The zero-order valence-electron chi connectivity index (χ0n) is 33.6. The molecule has 0 radical (unpaired) electrons. The third kappa shape index (κ3) is 5.09. The summed E-state index contributed by atoms with van der Waals surface area (Å²) in [5.41, 5.74) is 8.99. The third-order valence-corrected chi connectivity index (χ3v) is 12.8. The van der Waals surface area contributed by atoms with Crippen molar-refractivity contribution in [3.05, 3.63) is 194 Å². The molecule has 0 aliphatic rings. The van der Waals surface area contributed by atoms with Gasteiger partial charge in [-0.3, -0.25) is 0 Å². The van der Waals surface area contributed by atoms with Gasteiger partial charge in [0.1, 0.15) is 22.3 Å². The fourth-order valence-electron chi connectivity index (χ4n) is 9.87. The van der Waals surface area contributed by atoms with E-state index in [1.54, 1.807) is 0 Å². The van der Waals surface area contributed by atoms with Gasteiger partial charge in [0.15, 0.2) is 17.5 Å². The molecule has 14 rings (SSSR count). The van der Waals surface area contributed by atoms with E-state index in [1.165, 1.54) is 32.3 Å². The van der Waals surface area contributed by atoms with E-state index in [0.717, 1.165) is 88.1 Å². The molecular formula is C57H32N4O2. The number of furan rings is 2. The summed E-state index contributed by atoms with van der Waals surface area (Å²) in [6.45, 7) is 0. The van der Waals surface area contributed by atoms with Crippen molar-refractivity contribution in [1.82, 2.24) is 19.5 Å². The molecule has 0 atom stereocenters. The van der Waals surface area contributed by atoms with Gasteiger partial charge in [-0.15, -0.1) is 0 Å². The monoisotopic (exact) mass is 804 g/mol. The van der Waals surface area contributed by atoms with Gasteiger partial charge in [-0.2, -0.15) is 0 Å². The molecule has 6 heteroatoms. The highest BCUT2D eigenvalue weighted by Crippen LogP contribution is 2.43. The van der Waals surface area contributed by atoms with Crippen molar-refractivity contribution in [2.24, 2.45) is 0 Å². The zero-order chi connectivity index (χ0) is 41.2. The Morgan fingerprint density at radius 2 is 0.905 bits per heavy atom. The van der Waals surface area contributed by atoms with Gasteiger partial charge in [-0.05, 0) is 93.0 Å². The Balaban J connectivity index is 1.09. The van der Waals surface area contributed by atoms with Gasteiger partial charge in [0, 0.05) is 49.1 Å². The van der Waals surface area contributed by atoms with Crippen molar-refractivity contribution in [3.63, 3.8) is 0 Å². The van der Waals surface area contributed by atoms with Gasteiger partial charge in [0.25, 0.3) is 0 Å². The third-order valence-electron chi connectivity index (χ3n) is 12.8. The lowest BCUT2D eigenvalue weighted by molar-refractivity contribution is 0.669. The summed E-state index contributed by atoms with van der Waals surface area (Å²) in [5, 5.41) is 13.5. The molecule has 4 heterocycles. The van der Waals surface area contributed by atoms with Crippen molar-refractivity contribution in [1.29, 1.82) is 0 Å². The van der Waals surface area contributed by atoms with Crippen LogP contribution in [0.15, 0.2) is 203 Å². The quantitative estimate of drug-likeness (QED) is 0.177. The maximum Gasteiger partial charge on any atom is 0.167 e. The molecule has 0 N–H and O–H groups in total. The van der Waals surface area contributed by atoms with Crippen LogP contribution in [0.4, 0.5) is 0 Å². The zero-order valence-corrected chi connectivity index (χ0v) is 33.6. The first-order chi connectivity index (χ1) is 31.2. The van der Waals surface area contributed by atoms with Gasteiger partial charge in [0.05, 0.1) is 16.6 Å². The van der Waals surface area contributed by atoms with Crippen molar-refractivity contribution in [2.45, 2.75) is 0 Å². The van der Waals surface area contributed by atoms with Crippen molar-refractivity contribution >= 4 is 98.0 Å². The Morgan fingerprint density at radius 1 is 0.333 bits per heavy atom. The second-order valence-electron chi connectivity index (χ2n) is 16.3. The Hall–Kier alpha value is -8.61. The van der Waals surface area contributed by atoms with E-state index < -0.39 is 0 Å². The summed E-state index contributed by atoms with van der Waals surface area (Å²) in [4.78, 5) is 15.8. The Morgan fingerprint density at radius 3 is 1.62 bits per heavy atom. The number of nitrogens with zero attached hydrogens (tertiary/aromatic N) is 4. The SMILES string of the molecule is c1ccc(-c2nc(-c3cc4oc5ccccc5c4c4ccc(-n5c6cc7ccccc7cc6c6cc7ccccc7cc65)cc34)nc(-c3cccc4c3oc3ccccc34)n2)cc1. The average molecular weight is 805 g/mol. The molecule has 0 unspecified atom stereocenters. The predicted octanol–water partition coefficient (Wildman–Crippen LogP) is 15.2. The number of hydrogen-bond donors (Lipinski definition) is 0. The highest BCUT2D eigenvalue weighted by molar-refractivity contribution is 6.23. The van der Waals surface area contributed by atoms with E-state index in [-0.39, 0.29) is 0 Å². The number of hydrogen-bond acceptors (Lipinski definition) is 5. The van der Waals surface area contributed by atoms with Crippen LogP contribution in [0.2, 0.25) is 0 Å². The summed E-state index contributed by atoms with van der Waals surface area (Å²) in [5.74, 6) is 1.63. The van der Waals surface area contributed by atoms with Crippen LogP contribution in [-0.2, 0) is 0 Å². The molecule has 0 aliphatic heterocycles. The van der Waals surface area contributed by atoms with E-state index in [1.807, 2.05) is 72.8 Å². The Bertz CT molecular complexity index is 4120. The molecule has 0 saturated carbocycles. The molecular weight excluding hydrogens is 773 g/mol. The molecule has 10 aromatic carbocycles. The number of rotatable bonds is 4. The van der Waals surface area contributed by atoms with Crippen LogP contribution in [-0.4, -0.2) is 19.5 Å². The predicted molar refractivity (Wildman–Crippen MR) is 258 cm³/mol. The molecule has 4 aromatic heterocycles. The molecule has 6 nitrogen and oxygen atoms in total. The number of fused-ring (bicyclic) bond motifs is 13. The molecule has 14 aromatic rings. The van der Waals surface area contributed by atoms with Crippen molar-refractivity contribution in [3.8, 4) is 39.9 Å². The smallest absolute Gasteiger partial charge is 0.167 e. The summed E-state index contributed by atoms with van der Waals surface area (Å²) in [7, 11) is 0. The van der Waals surface area contributed by atoms with Gasteiger partial charge in [-0.1, -0.05) is 133 Å². The largest absolute Gasteiger partial charge is 0.456 e. The minimum Gasteiger partial charge on any atom is -0.456 e. The first kappa shape index (κ1) is 34.1. The summed E-state index contributed by atoms with van der Waals surface area (Å²) < 4.78 is 15.6. The molecule has 0 bridgehead atoms. The van der Waals surface area contributed by atoms with Gasteiger partial charge >= 0.3 is 0 Å². The minimum absolute atomic E-state index is 0.527. The van der Waals surface area contributed by atoms with Gasteiger partial charge in [0.2, 0.25) is 0 Å². The van der Waals surface area contributed by atoms with Crippen LogP contribution in [0.1, 0.15) is 0 Å². The highest BCUT2D eigenvalue weighted by Gasteiger charge is 2.23. The topological polar surface area (TPSA) is 69.9 Å². The fraction of sp³-hybridized carbons (Fsp3) is 0. The molecule has 0 saturated heterocycles.